The Balaban J connectivity index is 2.14. The molecule has 0 saturated heterocycles. The number of nitrogens with two attached hydrogens (primary N) is 1. The van der Waals surface area contributed by atoms with Gasteiger partial charge in [0, 0.05) is 25.5 Å². The molecule has 0 aliphatic heterocycles. The van der Waals surface area contributed by atoms with Crippen LogP contribution in [0.1, 0.15) is 24.4 Å². The number of aromatic nitrogens is 2. The molecular formula is C14H19N3O2. The van der Waals surface area contributed by atoms with E-state index in [1.165, 1.54) is 0 Å². The van der Waals surface area contributed by atoms with Gasteiger partial charge in [0.05, 0.1) is 7.11 Å². The maximum absolute atomic E-state index is 5.85. The van der Waals surface area contributed by atoms with Gasteiger partial charge >= 0.3 is 0 Å². The number of hydrogen-bond donors (Lipinski definition) is 1. The predicted octanol–water partition coefficient (Wildman–Crippen LogP) is 2.03. The molecule has 5 heteroatoms. The molecule has 1 aromatic carbocycles. The number of benzene rings is 1. The van der Waals surface area contributed by atoms with Crippen molar-refractivity contribution in [1.29, 1.82) is 0 Å². The monoisotopic (exact) mass is 261 g/mol. The van der Waals surface area contributed by atoms with E-state index in [1.54, 1.807) is 13.3 Å². The Bertz CT molecular complexity index is 549. The van der Waals surface area contributed by atoms with E-state index in [4.69, 9.17) is 15.2 Å². The summed E-state index contributed by atoms with van der Waals surface area (Å²) in [6.45, 7) is 2.33. The number of methoxy groups -OCH3 is 1. The summed E-state index contributed by atoms with van der Waals surface area (Å²) in [5.74, 6) is 2.23. The minimum Gasteiger partial charge on any atom is -0.493 e. The molecule has 2 N–H and O–H groups in total. The zero-order chi connectivity index (χ0) is 13.8. The van der Waals surface area contributed by atoms with Gasteiger partial charge in [0.25, 0.3) is 0 Å². The Kier molecular flexibility index (Phi) is 4.06. The van der Waals surface area contributed by atoms with Crippen LogP contribution in [0.15, 0.2) is 30.6 Å². The van der Waals surface area contributed by atoms with Gasteiger partial charge in [0.15, 0.2) is 11.5 Å². The second-order valence-electron chi connectivity index (χ2n) is 4.44. The second-order valence-corrected chi connectivity index (χ2v) is 4.44. The average molecular weight is 261 g/mol. The van der Waals surface area contributed by atoms with E-state index in [0.717, 1.165) is 11.4 Å². The molecule has 1 aromatic heterocycles. The highest BCUT2D eigenvalue weighted by Crippen LogP contribution is 2.30. The molecule has 2 rings (SSSR count). The van der Waals surface area contributed by atoms with E-state index in [9.17, 15) is 0 Å². The van der Waals surface area contributed by atoms with Crippen molar-refractivity contribution < 1.29 is 9.47 Å². The average Bonchev–Trinajstić information content (AvgIpc) is 2.81. The Labute approximate surface area is 113 Å². The highest BCUT2D eigenvalue weighted by molar-refractivity contribution is 5.43. The van der Waals surface area contributed by atoms with Crippen LogP contribution in [0.5, 0.6) is 11.5 Å². The molecule has 0 aliphatic rings. The van der Waals surface area contributed by atoms with E-state index < -0.39 is 0 Å². The molecule has 0 aliphatic carbocycles. The number of aryl methyl sites for hydroxylation is 1. The predicted molar refractivity (Wildman–Crippen MR) is 73.1 cm³/mol. The molecule has 0 saturated carbocycles. The van der Waals surface area contributed by atoms with Crippen molar-refractivity contribution in [3.63, 3.8) is 0 Å². The van der Waals surface area contributed by atoms with Gasteiger partial charge < -0.3 is 19.8 Å². The van der Waals surface area contributed by atoms with Crippen LogP contribution in [0.4, 0.5) is 0 Å². The molecular weight excluding hydrogens is 242 g/mol. The largest absolute Gasteiger partial charge is 0.493 e. The van der Waals surface area contributed by atoms with E-state index in [1.807, 2.05) is 42.9 Å². The van der Waals surface area contributed by atoms with Gasteiger partial charge in [-0.05, 0) is 24.6 Å². The summed E-state index contributed by atoms with van der Waals surface area (Å²) in [5, 5.41) is 0. The molecule has 19 heavy (non-hydrogen) atoms. The van der Waals surface area contributed by atoms with Crippen LogP contribution in [-0.4, -0.2) is 16.7 Å². The van der Waals surface area contributed by atoms with Crippen LogP contribution in [0.25, 0.3) is 0 Å². The molecule has 102 valence electrons. The van der Waals surface area contributed by atoms with Crippen molar-refractivity contribution in [3.05, 3.63) is 42.0 Å². The molecule has 0 spiro atoms. The molecule has 0 amide bonds. The lowest BCUT2D eigenvalue weighted by Gasteiger charge is -2.13. The van der Waals surface area contributed by atoms with Gasteiger partial charge in [0.2, 0.25) is 0 Å². The minimum atomic E-state index is -0.0301. The Morgan fingerprint density at radius 2 is 2.16 bits per heavy atom. The van der Waals surface area contributed by atoms with Crippen LogP contribution in [-0.2, 0) is 13.7 Å². The zero-order valence-electron chi connectivity index (χ0n) is 11.5. The van der Waals surface area contributed by atoms with Crippen LogP contribution >= 0.6 is 0 Å². The summed E-state index contributed by atoms with van der Waals surface area (Å²) in [6.07, 6.45) is 3.63. The summed E-state index contributed by atoms with van der Waals surface area (Å²) >= 11 is 0. The summed E-state index contributed by atoms with van der Waals surface area (Å²) < 4.78 is 13.0. The first-order chi connectivity index (χ1) is 9.11. The molecule has 1 atom stereocenters. The van der Waals surface area contributed by atoms with Crippen LogP contribution in [0.3, 0.4) is 0 Å². The van der Waals surface area contributed by atoms with E-state index in [0.29, 0.717) is 18.1 Å². The summed E-state index contributed by atoms with van der Waals surface area (Å²) in [7, 11) is 3.55. The Morgan fingerprint density at radius 1 is 1.37 bits per heavy atom. The van der Waals surface area contributed by atoms with Gasteiger partial charge in [-0.3, -0.25) is 0 Å². The Morgan fingerprint density at radius 3 is 2.74 bits per heavy atom. The van der Waals surface area contributed by atoms with Crippen molar-refractivity contribution in [3.8, 4) is 11.5 Å². The summed E-state index contributed by atoms with van der Waals surface area (Å²) in [5.41, 5.74) is 6.86. The lowest BCUT2D eigenvalue weighted by molar-refractivity contribution is 0.273. The fourth-order valence-corrected chi connectivity index (χ4v) is 1.76. The van der Waals surface area contributed by atoms with Crippen molar-refractivity contribution in [2.24, 2.45) is 12.8 Å². The van der Waals surface area contributed by atoms with Gasteiger partial charge in [-0.15, -0.1) is 0 Å². The van der Waals surface area contributed by atoms with Crippen molar-refractivity contribution >= 4 is 0 Å². The fraction of sp³-hybridized carbons (Fsp3) is 0.357. The fourth-order valence-electron chi connectivity index (χ4n) is 1.76. The third-order valence-electron chi connectivity index (χ3n) is 2.99. The van der Waals surface area contributed by atoms with E-state index in [2.05, 4.69) is 4.98 Å². The molecule has 0 radical (unpaired) electrons. The second kappa shape index (κ2) is 5.75. The highest BCUT2D eigenvalue weighted by Gasteiger charge is 2.09. The highest BCUT2D eigenvalue weighted by atomic mass is 16.5. The van der Waals surface area contributed by atoms with Crippen molar-refractivity contribution in [1.82, 2.24) is 9.55 Å². The number of nitrogens with zero attached hydrogens (tertiary/aromatic N) is 2. The molecule has 0 bridgehead atoms. The van der Waals surface area contributed by atoms with Gasteiger partial charge in [-0.25, -0.2) is 4.98 Å². The first-order valence-electron chi connectivity index (χ1n) is 6.14. The Hall–Kier alpha value is -2.01. The summed E-state index contributed by atoms with van der Waals surface area (Å²) in [6, 6.07) is 5.69. The molecule has 5 nitrogen and oxygen atoms in total. The van der Waals surface area contributed by atoms with Crippen molar-refractivity contribution in [2.75, 3.05) is 7.11 Å². The van der Waals surface area contributed by atoms with Crippen LogP contribution in [0, 0.1) is 0 Å². The third kappa shape index (κ3) is 3.06. The molecule has 1 heterocycles. The zero-order valence-corrected chi connectivity index (χ0v) is 11.5. The first kappa shape index (κ1) is 13.4. The van der Waals surface area contributed by atoms with Crippen LogP contribution < -0.4 is 15.2 Å². The lowest BCUT2D eigenvalue weighted by atomic mass is 10.1. The van der Waals surface area contributed by atoms with Gasteiger partial charge in [-0.1, -0.05) is 6.07 Å². The topological polar surface area (TPSA) is 62.3 Å². The number of imidazole rings is 1. The smallest absolute Gasteiger partial charge is 0.161 e. The van der Waals surface area contributed by atoms with Crippen LogP contribution in [0.2, 0.25) is 0 Å². The third-order valence-corrected chi connectivity index (χ3v) is 2.99. The SMILES string of the molecule is COc1cc([C@@H](C)N)ccc1OCc1nccn1C. The number of rotatable bonds is 5. The minimum absolute atomic E-state index is 0.0301. The summed E-state index contributed by atoms with van der Waals surface area (Å²) in [4.78, 5) is 4.21. The van der Waals surface area contributed by atoms with Crippen molar-refractivity contribution in [2.45, 2.75) is 19.6 Å². The van der Waals surface area contributed by atoms with E-state index in [-0.39, 0.29) is 6.04 Å². The maximum atomic E-state index is 5.85. The first-order valence-corrected chi connectivity index (χ1v) is 6.14. The number of hydrogen-bond acceptors (Lipinski definition) is 4. The molecule has 0 fully saturated rings. The molecule has 2 aromatic rings. The standard InChI is InChI=1S/C14H19N3O2/c1-10(15)11-4-5-12(13(8-11)18-3)19-9-14-16-6-7-17(14)2/h4-8,10H,9,15H2,1-3H3/t10-/m1/s1. The van der Waals surface area contributed by atoms with E-state index >= 15 is 0 Å². The molecule has 0 unspecified atom stereocenters. The normalized spacial score (nSPS) is 12.2. The maximum Gasteiger partial charge on any atom is 0.161 e. The van der Waals surface area contributed by atoms with Gasteiger partial charge in [-0.2, -0.15) is 0 Å². The number of ether oxygens (including phenoxy) is 2. The van der Waals surface area contributed by atoms with Gasteiger partial charge in [0.1, 0.15) is 12.4 Å². The lowest BCUT2D eigenvalue weighted by Crippen LogP contribution is -2.07. The quantitative estimate of drug-likeness (QED) is 0.894.